The number of aliphatic hydroxyl groups is 1. The third-order valence-corrected chi connectivity index (χ3v) is 2.93. The van der Waals surface area contributed by atoms with E-state index in [0.29, 0.717) is 13.0 Å². The van der Waals surface area contributed by atoms with Gasteiger partial charge in [-0.2, -0.15) is 0 Å². The van der Waals surface area contributed by atoms with Crippen LogP contribution in [0.15, 0.2) is 36.5 Å². The predicted octanol–water partition coefficient (Wildman–Crippen LogP) is 1.71. The van der Waals surface area contributed by atoms with Crippen LogP contribution in [0.2, 0.25) is 0 Å². The zero-order valence-corrected chi connectivity index (χ0v) is 10.5. The molecule has 0 aliphatic heterocycles. The average Bonchev–Trinajstić information content (AvgIpc) is 2.39. The van der Waals surface area contributed by atoms with Crippen molar-refractivity contribution in [1.82, 2.24) is 4.98 Å². The van der Waals surface area contributed by atoms with Crippen molar-refractivity contribution < 1.29 is 9.84 Å². The number of ether oxygens (including phenoxy) is 1. The Morgan fingerprint density at radius 2 is 2.11 bits per heavy atom. The molecule has 0 fully saturated rings. The van der Waals surface area contributed by atoms with Crippen molar-refractivity contribution in [2.45, 2.75) is 18.9 Å². The Labute approximate surface area is 106 Å². The third kappa shape index (κ3) is 2.97. The Kier molecular flexibility index (Phi) is 3.79. The average molecular weight is 246 g/mol. The van der Waals surface area contributed by atoms with Crippen LogP contribution in [-0.2, 0) is 0 Å². The van der Waals surface area contributed by atoms with Crippen LogP contribution in [0, 0.1) is 0 Å². The number of aromatic nitrogens is 1. The molecule has 1 aromatic carbocycles. The lowest BCUT2D eigenvalue weighted by Crippen LogP contribution is -2.35. The summed E-state index contributed by atoms with van der Waals surface area (Å²) in [5.74, 6) is 0.737. The molecule has 1 heterocycles. The monoisotopic (exact) mass is 246 g/mol. The van der Waals surface area contributed by atoms with Crippen LogP contribution < -0.4 is 10.5 Å². The van der Waals surface area contributed by atoms with E-state index >= 15 is 0 Å². The number of hydrogen-bond acceptors (Lipinski definition) is 4. The van der Waals surface area contributed by atoms with E-state index in [4.69, 9.17) is 10.5 Å². The Bertz CT molecular complexity index is 521. The van der Waals surface area contributed by atoms with Crippen LogP contribution in [0.25, 0.3) is 10.9 Å². The Balaban J connectivity index is 2.08. The first-order valence-electron chi connectivity index (χ1n) is 6.01. The van der Waals surface area contributed by atoms with E-state index in [9.17, 15) is 5.11 Å². The van der Waals surface area contributed by atoms with E-state index < -0.39 is 5.60 Å². The van der Waals surface area contributed by atoms with Crippen molar-refractivity contribution in [2.24, 2.45) is 5.73 Å². The molecule has 18 heavy (non-hydrogen) atoms. The molecule has 0 spiro atoms. The zero-order valence-electron chi connectivity index (χ0n) is 10.5. The van der Waals surface area contributed by atoms with Crippen molar-refractivity contribution >= 4 is 10.9 Å². The summed E-state index contributed by atoms with van der Waals surface area (Å²) < 4.78 is 5.68. The summed E-state index contributed by atoms with van der Waals surface area (Å²) in [4.78, 5) is 4.30. The van der Waals surface area contributed by atoms with Gasteiger partial charge in [-0.25, -0.2) is 0 Å². The van der Waals surface area contributed by atoms with Crippen LogP contribution in [0.4, 0.5) is 0 Å². The number of rotatable bonds is 5. The smallest absolute Gasteiger partial charge is 0.145 e. The van der Waals surface area contributed by atoms with Gasteiger partial charge in [-0.15, -0.1) is 0 Å². The Hall–Kier alpha value is -1.65. The fraction of sp³-hybridized carbons (Fsp3) is 0.357. The summed E-state index contributed by atoms with van der Waals surface area (Å²) in [5, 5.41) is 10.8. The van der Waals surface area contributed by atoms with Gasteiger partial charge < -0.3 is 15.6 Å². The first-order valence-corrected chi connectivity index (χ1v) is 6.01. The molecule has 1 aromatic heterocycles. The lowest BCUT2D eigenvalue weighted by atomic mass is 10.0. The van der Waals surface area contributed by atoms with E-state index in [-0.39, 0.29) is 6.54 Å². The molecule has 0 amide bonds. The number of nitrogens with two attached hydrogens (primary N) is 1. The van der Waals surface area contributed by atoms with E-state index in [1.807, 2.05) is 30.3 Å². The molecule has 0 saturated heterocycles. The Morgan fingerprint density at radius 1 is 1.33 bits per heavy atom. The van der Waals surface area contributed by atoms with Gasteiger partial charge in [0.1, 0.15) is 11.3 Å². The molecular weight excluding hydrogens is 228 g/mol. The Morgan fingerprint density at radius 3 is 2.89 bits per heavy atom. The largest absolute Gasteiger partial charge is 0.491 e. The first kappa shape index (κ1) is 12.8. The number of hydrogen-bond donors (Lipinski definition) is 2. The minimum atomic E-state index is -0.877. The SMILES string of the molecule is CC(O)(CN)CCOc1cccc2cccnc12. The van der Waals surface area contributed by atoms with Gasteiger partial charge in [0.15, 0.2) is 0 Å². The molecule has 1 atom stereocenters. The molecular formula is C14H18N2O2. The second-order valence-corrected chi connectivity index (χ2v) is 4.63. The molecule has 2 aromatic rings. The lowest BCUT2D eigenvalue weighted by Gasteiger charge is -2.20. The van der Waals surface area contributed by atoms with Crippen LogP contribution in [0.5, 0.6) is 5.75 Å². The van der Waals surface area contributed by atoms with Gasteiger partial charge in [0.25, 0.3) is 0 Å². The van der Waals surface area contributed by atoms with Gasteiger partial charge in [-0.05, 0) is 19.1 Å². The molecule has 0 radical (unpaired) electrons. The number of nitrogens with zero attached hydrogens (tertiary/aromatic N) is 1. The van der Waals surface area contributed by atoms with Crippen molar-refractivity contribution in [3.05, 3.63) is 36.5 Å². The molecule has 3 N–H and O–H groups in total. The van der Waals surface area contributed by atoms with Crippen LogP contribution in [-0.4, -0.2) is 28.8 Å². The summed E-state index contributed by atoms with van der Waals surface area (Å²) >= 11 is 0. The maximum atomic E-state index is 9.79. The molecule has 0 aliphatic rings. The fourth-order valence-electron chi connectivity index (χ4n) is 1.68. The molecule has 96 valence electrons. The van der Waals surface area contributed by atoms with E-state index in [0.717, 1.165) is 16.7 Å². The van der Waals surface area contributed by atoms with Crippen molar-refractivity contribution in [2.75, 3.05) is 13.2 Å². The number of para-hydroxylation sites is 1. The third-order valence-electron chi connectivity index (χ3n) is 2.93. The van der Waals surface area contributed by atoms with Crippen LogP contribution >= 0.6 is 0 Å². The summed E-state index contributed by atoms with van der Waals surface area (Å²) in [6.07, 6.45) is 2.23. The summed E-state index contributed by atoms with van der Waals surface area (Å²) in [6.45, 7) is 2.35. The van der Waals surface area contributed by atoms with E-state index in [1.165, 1.54) is 0 Å². The number of fused-ring (bicyclic) bond motifs is 1. The highest BCUT2D eigenvalue weighted by Gasteiger charge is 2.17. The minimum absolute atomic E-state index is 0.226. The van der Waals surface area contributed by atoms with Gasteiger partial charge in [0.2, 0.25) is 0 Å². The maximum absolute atomic E-state index is 9.79. The molecule has 0 bridgehead atoms. The highest BCUT2D eigenvalue weighted by molar-refractivity contribution is 5.84. The van der Waals surface area contributed by atoms with Gasteiger partial charge in [0.05, 0.1) is 12.2 Å². The molecule has 0 aliphatic carbocycles. The topological polar surface area (TPSA) is 68.4 Å². The van der Waals surface area contributed by atoms with Gasteiger partial charge >= 0.3 is 0 Å². The summed E-state index contributed by atoms with van der Waals surface area (Å²) in [5.41, 5.74) is 5.42. The van der Waals surface area contributed by atoms with Crippen molar-refractivity contribution in [1.29, 1.82) is 0 Å². The first-order chi connectivity index (χ1) is 8.62. The quantitative estimate of drug-likeness (QED) is 0.842. The fourth-order valence-corrected chi connectivity index (χ4v) is 1.68. The van der Waals surface area contributed by atoms with Gasteiger partial charge in [0, 0.05) is 24.5 Å². The predicted molar refractivity (Wildman–Crippen MR) is 71.5 cm³/mol. The normalized spacial score (nSPS) is 14.4. The summed E-state index contributed by atoms with van der Waals surface area (Å²) in [7, 11) is 0. The standard InChI is InChI=1S/C14H18N2O2/c1-14(17,10-15)7-9-18-12-6-2-4-11-5-3-8-16-13(11)12/h2-6,8,17H,7,9-10,15H2,1H3. The van der Waals surface area contributed by atoms with Gasteiger partial charge in [-0.3, -0.25) is 4.98 Å². The zero-order chi connectivity index (χ0) is 13.0. The van der Waals surface area contributed by atoms with Gasteiger partial charge in [-0.1, -0.05) is 18.2 Å². The molecule has 4 nitrogen and oxygen atoms in total. The number of pyridine rings is 1. The molecule has 2 rings (SSSR count). The van der Waals surface area contributed by atoms with Crippen molar-refractivity contribution in [3.8, 4) is 5.75 Å². The molecule has 0 saturated carbocycles. The van der Waals surface area contributed by atoms with Crippen LogP contribution in [0.3, 0.4) is 0 Å². The van der Waals surface area contributed by atoms with Crippen LogP contribution in [0.1, 0.15) is 13.3 Å². The van der Waals surface area contributed by atoms with E-state index in [2.05, 4.69) is 4.98 Å². The second kappa shape index (κ2) is 5.33. The summed E-state index contributed by atoms with van der Waals surface area (Å²) in [6, 6.07) is 9.69. The highest BCUT2D eigenvalue weighted by Crippen LogP contribution is 2.23. The number of benzene rings is 1. The van der Waals surface area contributed by atoms with E-state index in [1.54, 1.807) is 13.1 Å². The molecule has 1 unspecified atom stereocenters. The maximum Gasteiger partial charge on any atom is 0.145 e. The molecule has 4 heteroatoms. The lowest BCUT2D eigenvalue weighted by molar-refractivity contribution is 0.0455. The highest BCUT2D eigenvalue weighted by atomic mass is 16.5. The second-order valence-electron chi connectivity index (χ2n) is 4.63. The van der Waals surface area contributed by atoms with Crippen molar-refractivity contribution in [3.63, 3.8) is 0 Å². The minimum Gasteiger partial charge on any atom is -0.491 e.